The Morgan fingerprint density at radius 2 is 1.74 bits per heavy atom. The molecule has 0 saturated heterocycles. The Kier molecular flexibility index (Phi) is 6.77. The normalized spacial score (nSPS) is 15.3. The Bertz CT molecular complexity index is 1350. The maximum Gasteiger partial charge on any atom is 0.272 e. The van der Waals surface area contributed by atoms with Crippen LogP contribution in [0, 0.1) is 0 Å². The SMILES string of the molecule is O=C(N/N=C\c1ccc(N2N=C(c3ccccc3)C[C@H]2c2ccc(Br)cc2)cc1)c1cccnc1. The molecule has 0 bridgehead atoms. The van der Waals surface area contributed by atoms with Crippen molar-refractivity contribution in [1.29, 1.82) is 0 Å². The number of halogens is 1. The molecule has 3 aromatic carbocycles. The standard InChI is InChI=1S/C28H22BrN5O/c29-24-12-10-22(11-13-24)27-17-26(21-5-2-1-3-6-21)33-34(27)25-14-8-20(9-15-25)18-31-32-28(35)23-7-4-16-30-19-23/h1-16,18-19,27H,17H2,(H,32,35)/b31-18-/t27-/m0/s1. The quantitative estimate of drug-likeness (QED) is 0.250. The number of pyridine rings is 1. The molecule has 1 aliphatic heterocycles. The van der Waals surface area contributed by atoms with Crippen LogP contribution in [0.3, 0.4) is 0 Å². The van der Waals surface area contributed by atoms with Gasteiger partial charge in [0.25, 0.3) is 5.91 Å². The number of hydrogen-bond acceptors (Lipinski definition) is 5. The molecule has 7 heteroatoms. The summed E-state index contributed by atoms with van der Waals surface area (Å²) >= 11 is 3.53. The third-order valence-electron chi connectivity index (χ3n) is 5.73. The van der Waals surface area contributed by atoms with Crippen LogP contribution in [0.25, 0.3) is 0 Å². The van der Waals surface area contributed by atoms with Gasteiger partial charge in [-0.15, -0.1) is 0 Å². The minimum Gasteiger partial charge on any atom is -0.267 e. The second-order valence-electron chi connectivity index (χ2n) is 8.06. The molecule has 1 N–H and O–H groups in total. The van der Waals surface area contributed by atoms with Crippen LogP contribution in [0.4, 0.5) is 5.69 Å². The third-order valence-corrected chi connectivity index (χ3v) is 6.26. The molecule has 0 fully saturated rings. The first-order valence-electron chi connectivity index (χ1n) is 11.2. The van der Waals surface area contributed by atoms with Crippen molar-refractivity contribution in [2.45, 2.75) is 12.5 Å². The van der Waals surface area contributed by atoms with Crippen LogP contribution in [0.1, 0.15) is 39.5 Å². The van der Waals surface area contributed by atoms with Gasteiger partial charge in [-0.3, -0.25) is 14.8 Å². The number of carbonyl (C=O) groups excluding carboxylic acids is 1. The lowest BCUT2D eigenvalue weighted by Crippen LogP contribution is -2.18. The van der Waals surface area contributed by atoms with Gasteiger partial charge >= 0.3 is 0 Å². The molecular formula is C28H22BrN5O. The average molecular weight is 524 g/mol. The van der Waals surface area contributed by atoms with Gasteiger partial charge in [0.1, 0.15) is 0 Å². The minimum atomic E-state index is -0.303. The second-order valence-corrected chi connectivity index (χ2v) is 8.98. The molecule has 6 nitrogen and oxygen atoms in total. The zero-order chi connectivity index (χ0) is 24.0. The summed E-state index contributed by atoms with van der Waals surface area (Å²) in [4.78, 5) is 16.1. The Labute approximate surface area is 212 Å². The molecule has 0 radical (unpaired) electrons. The summed E-state index contributed by atoms with van der Waals surface area (Å²) in [6, 6.07) is 30.1. The van der Waals surface area contributed by atoms with Gasteiger partial charge in [-0.05, 0) is 53.1 Å². The van der Waals surface area contributed by atoms with Crippen LogP contribution < -0.4 is 10.4 Å². The molecule has 5 rings (SSSR count). The van der Waals surface area contributed by atoms with Crippen LogP contribution in [0.5, 0.6) is 0 Å². The van der Waals surface area contributed by atoms with Crippen molar-refractivity contribution in [3.63, 3.8) is 0 Å². The fraction of sp³-hybridized carbons (Fsp3) is 0.0714. The summed E-state index contributed by atoms with van der Waals surface area (Å²) in [7, 11) is 0. The second kappa shape index (κ2) is 10.4. The van der Waals surface area contributed by atoms with Crippen molar-refractivity contribution in [1.82, 2.24) is 10.4 Å². The molecule has 172 valence electrons. The first kappa shape index (κ1) is 22.7. The maximum atomic E-state index is 12.1. The lowest BCUT2D eigenvalue weighted by molar-refractivity contribution is 0.0955. The van der Waals surface area contributed by atoms with Gasteiger partial charge < -0.3 is 0 Å². The van der Waals surface area contributed by atoms with Crippen molar-refractivity contribution in [3.05, 3.63) is 130 Å². The van der Waals surface area contributed by atoms with E-state index in [-0.39, 0.29) is 11.9 Å². The molecule has 0 saturated carbocycles. The van der Waals surface area contributed by atoms with Gasteiger partial charge in [-0.25, -0.2) is 5.43 Å². The van der Waals surface area contributed by atoms with Crippen molar-refractivity contribution in [3.8, 4) is 0 Å². The fourth-order valence-corrected chi connectivity index (χ4v) is 4.20. The van der Waals surface area contributed by atoms with E-state index in [9.17, 15) is 4.79 Å². The van der Waals surface area contributed by atoms with Crippen LogP contribution in [0.2, 0.25) is 0 Å². The first-order valence-corrected chi connectivity index (χ1v) is 12.0. The van der Waals surface area contributed by atoms with Crippen LogP contribution in [-0.2, 0) is 0 Å². The van der Waals surface area contributed by atoms with E-state index in [1.54, 1.807) is 24.5 Å². The number of aromatic nitrogens is 1. The van der Waals surface area contributed by atoms with E-state index in [1.807, 2.05) is 42.5 Å². The smallest absolute Gasteiger partial charge is 0.267 e. The van der Waals surface area contributed by atoms with Gasteiger partial charge in [0.15, 0.2) is 0 Å². The van der Waals surface area contributed by atoms with Gasteiger partial charge in [0, 0.05) is 23.3 Å². The van der Waals surface area contributed by atoms with Crippen molar-refractivity contribution >= 4 is 39.5 Å². The molecule has 1 amide bonds. The van der Waals surface area contributed by atoms with Crippen molar-refractivity contribution in [2.24, 2.45) is 10.2 Å². The monoisotopic (exact) mass is 523 g/mol. The van der Waals surface area contributed by atoms with E-state index >= 15 is 0 Å². The highest BCUT2D eigenvalue weighted by molar-refractivity contribution is 9.10. The van der Waals surface area contributed by atoms with Crippen molar-refractivity contribution in [2.75, 3.05) is 5.01 Å². The summed E-state index contributed by atoms with van der Waals surface area (Å²) < 4.78 is 1.05. The largest absolute Gasteiger partial charge is 0.272 e. The molecule has 1 atom stereocenters. The Morgan fingerprint density at radius 3 is 2.46 bits per heavy atom. The summed E-state index contributed by atoms with van der Waals surface area (Å²) in [6.45, 7) is 0. The number of rotatable bonds is 6. The number of nitrogens with one attached hydrogen (secondary N) is 1. The fourth-order valence-electron chi connectivity index (χ4n) is 3.94. The summed E-state index contributed by atoms with van der Waals surface area (Å²) in [5.41, 5.74) is 8.23. The van der Waals surface area contributed by atoms with E-state index in [0.717, 1.165) is 33.4 Å². The molecule has 1 aliphatic rings. The topological polar surface area (TPSA) is 70.0 Å². The molecule has 0 unspecified atom stereocenters. The molecule has 2 heterocycles. The average Bonchev–Trinajstić information content (AvgIpc) is 3.36. The Hall–Kier alpha value is -4.10. The van der Waals surface area contributed by atoms with E-state index < -0.39 is 0 Å². The summed E-state index contributed by atoms with van der Waals surface area (Å²) in [6.07, 6.45) is 5.56. The zero-order valence-electron chi connectivity index (χ0n) is 18.8. The van der Waals surface area contributed by atoms with E-state index in [4.69, 9.17) is 5.10 Å². The first-order chi connectivity index (χ1) is 17.2. The minimum absolute atomic E-state index is 0.0941. The lowest BCUT2D eigenvalue weighted by atomic mass is 9.98. The highest BCUT2D eigenvalue weighted by atomic mass is 79.9. The molecule has 0 aliphatic carbocycles. The Balaban J connectivity index is 1.35. The molecule has 0 spiro atoms. The number of hydrazone groups is 2. The van der Waals surface area contributed by atoms with E-state index in [1.165, 1.54) is 11.8 Å². The van der Waals surface area contributed by atoms with Crippen LogP contribution in [0.15, 0.2) is 118 Å². The predicted molar refractivity (Wildman–Crippen MR) is 143 cm³/mol. The number of anilines is 1. The zero-order valence-corrected chi connectivity index (χ0v) is 20.3. The Morgan fingerprint density at radius 1 is 0.971 bits per heavy atom. The molecular weight excluding hydrogens is 502 g/mol. The van der Waals surface area contributed by atoms with Gasteiger partial charge in [-0.2, -0.15) is 10.2 Å². The highest BCUT2D eigenvalue weighted by Crippen LogP contribution is 2.37. The number of hydrogen-bond donors (Lipinski definition) is 1. The van der Waals surface area contributed by atoms with E-state index in [2.05, 4.69) is 72.8 Å². The molecule has 35 heavy (non-hydrogen) atoms. The van der Waals surface area contributed by atoms with E-state index in [0.29, 0.717) is 5.56 Å². The number of benzene rings is 3. The lowest BCUT2D eigenvalue weighted by Gasteiger charge is -2.24. The number of carbonyl (C=O) groups is 1. The number of nitrogens with zero attached hydrogens (tertiary/aromatic N) is 4. The molecule has 1 aromatic heterocycles. The molecule has 4 aromatic rings. The van der Waals surface area contributed by atoms with Crippen molar-refractivity contribution < 1.29 is 4.79 Å². The summed E-state index contributed by atoms with van der Waals surface area (Å²) in [5, 5.41) is 11.1. The van der Waals surface area contributed by atoms with Crippen LogP contribution in [-0.4, -0.2) is 22.8 Å². The highest BCUT2D eigenvalue weighted by Gasteiger charge is 2.29. The summed E-state index contributed by atoms with van der Waals surface area (Å²) in [5.74, 6) is -0.303. The predicted octanol–water partition coefficient (Wildman–Crippen LogP) is 5.96. The third kappa shape index (κ3) is 5.36. The van der Waals surface area contributed by atoms with Gasteiger partial charge in [0.05, 0.1) is 29.2 Å². The van der Waals surface area contributed by atoms with Crippen LogP contribution >= 0.6 is 15.9 Å². The van der Waals surface area contributed by atoms with Gasteiger partial charge in [-0.1, -0.05) is 70.5 Å². The maximum absolute atomic E-state index is 12.1. The van der Waals surface area contributed by atoms with Gasteiger partial charge in [0.2, 0.25) is 0 Å². The number of amides is 1.